The van der Waals surface area contributed by atoms with Gasteiger partial charge in [0.15, 0.2) is 5.69 Å². The fourth-order valence-corrected chi connectivity index (χ4v) is 3.22. The van der Waals surface area contributed by atoms with Gasteiger partial charge in [0.05, 0.1) is 11.8 Å². The summed E-state index contributed by atoms with van der Waals surface area (Å²) in [6.07, 6.45) is -0.107. The van der Waals surface area contributed by atoms with Crippen LogP contribution in [0, 0.1) is 0 Å². The number of alkyl halides is 3. The molecule has 3 rings (SSSR count). The number of piperazine rings is 1. The molecule has 9 heteroatoms. The Morgan fingerprint density at radius 1 is 1.19 bits per heavy atom. The molecule has 0 spiro atoms. The second-order valence-corrected chi connectivity index (χ2v) is 6.87. The van der Waals surface area contributed by atoms with Crippen molar-refractivity contribution in [1.29, 1.82) is 0 Å². The summed E-state index contributed by atoms with van der Waals surface area (Å²) in [5.74, 6) is -0.616. The van der Waals surface area contributed by atoms with Gasteiger partial charge in [0.25, 0.3) is 5.91 Å². The van der Waals surface area contributed by atoms with Crippen LogP contribution in [0.1, 0.15) is 41.5 Å². The zero-order chi connectivity index (χ0) is 19.6. The summed E-state index contributed by atoms with van der Waals surface area (Å²) < 4.78 is 41.3. The van der Waals surface area contributed by atoms with E-state index >= 15 is 0 Å². The van der Waals surface area contributed by atoms with Crippen LogP contribution in [-0.4, -0.2) is 56.7 Å². The normalized spacial score (nSPS) is 16.1. The first-order valence-electron chi connectivity index (χ1n) is 8.82. The fourth-order valence-electron chi connectivity index (χ4n) is 3.22. The molecule has 6 nitrogen and oxygen atoms in total. The molecule has 1 saturated heterocycles. The molecule has 0 atom stereocenters. The van der Waals surface area contributed by atoms with Crippen LogP contribution in [0.4, 0.5) is 13.2 Å². The van der Waals surface area contributed by atoms with E-state index in [0.29, 0.717) is 32.7 Å². The molecule has 1 amide bonds. The van der Waals surface area contributed by atoms with Crippen LogP contribution in [0.5, 0.6) is 0 Å². The second-order valence-electron chi connectivity index (χ2n) is 6.87. The van der Waals surface area contributed by atoms with Gasteiger partial charge in [-0.3, -0.25) is 19.4 Å². The highest BCUT2D eigenvalue weighted by Gasteiger charge is 2.41. The largest absolute Gasteiger partial charge is 0.433 e. The van der Waals surface area contributed by atoms with Gasteiger partial charge in [-0.1, -0.05) is 6.07 Å². The molecule has 3 heterocycles. The molecule has 0 aliphatic carbocycles. The van der Waals surface area contributed by atoms with E-state index in [4.69, 9.17) is 0 Å². The maximum Gasteiger partial charge on any atom is 0.433 e. The minimum absolute atomic E-state index is 0.378. The first-order chi connectivity index (χ1) is 12.8. The van der Waals surface area contributed by atoms with E-state index in [9.17, 15) is 18.0 Å². The average Bonchev–Trinajstić information content (AvgIpc) is 3.08. The molecule has 27 heavy (non-hydrogen) atoms. The lowest BCUT2D eigenvalue weighted by Gasteiger charge is -2.34. The lowest BCUT2D eigenvalue weighted by atomic mass is 10.1. The SMILES string of the molecule is CC(C)n1ncc(C(=O)N2CCN(Cc3cccnc3)CC2)c1C(F)(F)F. The van der Waals surface area contributed by atoms with Crippen LogP contribution in [0.3, 0.4) is 0 Å². The molecule has 0 N–H and O–H groups in total. The molecule has 2 aromatic heterocycles. The molecule has 1 aliphatic rings. The standard InChI is InChI=1S/C18H22F3N5O/c1-13(2)26-16(18(19,20)21)15(11-23-26)17(27)25-8-6-24(7-9-25)12-14-4-3-5-22-10-14/h3-5,10-11,13H,6-9,12H2,1-2H3. The van der Waals surface area contributed by atoms with Crippen molar-refractivity contribution in [2.75, 3.05) is 26.2 Å². The summed E-state index contributed by atoms with van der Waals surface area (Å²) in [4.78, 5) is 20.4. The number of hydrogen-bond acceptors (Lipinski definition) is 4. The highest BCUT2D eigenvalue weighted by Crippen LogP contribution is 2.34. The number of nitrogens with zero attached hydrogens (tertiary/aromatic N) is 5. The third-order valence-electron chi connectivity index (χ3n) is 4.57. The molecule has 0 radical (unpaired) electrons. The van der Waals surface area contributed by atoms with Gasteiger partial charge >= 0.3 is 6.18 Å². The molecule has 0 saturated carbocycles. The van der Waals surface area contributed by atoms with Gasteiger partial charge < -0.3 is 4.90 Å². The Labute approximate surface area is 155 Å². The van der Waals surface area contributed by atoms with Gasteiger partial charge in [0, 0.05) is 51.2 Å². The summed E-state index contributed by atoms with van der Waals surface area (Å²) in [5.41, 5.74) is -0.285. The number of rotatable bonds is 4. The monoisotopic (exact) mass is 381 g/mol. The summed E-state index contributed by atoms with van der Waals surface area (Å²) in [6.45, 7) is 5.86. The Morgan fingerprint density at radius 3 is 2.44 bits per heavy atom. The van der Waals surface area contributed by atoms with Gasteiger partial charge in [-0.2, -0.15) is 18.3 Å². The minimum atomic E-state index is -4.63. The number of carbonyl (C=O) groups is 1. The molecule has 0 bridgehead atoms. The lowest BCUT2D eigenvalue weighted by molar-refractivity contribution is -0.145. The van der Waals surface area contributed by atoms with Crippen molar-refractivity contribution in [3.63, 3.8) is 0 Å². The average molecular weight is 381 g/mol. The van der Waals surface area contributed by atoms with E-state index in [1.807, 2.05) is 12.1 Å². The van der Waals surface area contributed by atoms with Gasteiger partial charge in [-0.15, -0.1) is 0 Å². The lowest BCUT2D eigenvalue weighted by Crippen LogP contribution is -2.48. The van der Waals surface area contributed by atoms with Crippen LogP contribution in [0.25, 0.3) is 0 Å². The molecular weight excluding hydrogens is 359 g/mol. The first kappa shape index (κ1) is 19.3. The summed E-state index contributed by atoms with van der Waals surface area (Å²) in [6, 6.07) is 3.35. The number of carbonyl (C=O) groups excluding carboxylic acids is 1. The molecule has 146 valence electrons. The quantitative estimate of drug-likeness (QED) is 0.817. The molecule has 2 aromatic rings. The maximum absolute atomic E-state index is 13.5. The van der Waals surface area contributed by atoms with Crippen LogP contribution in [0.15, 0.2) is 30.7 Å². The van der Waals surface area contributed by atoms with E-state index in [1.54, 1.807) is 26.2 Å². The van der Waals surface area contributed by atoms with Crippen molar-refractivity contribution in [2.24, 2.45) is 0 Å². The van der Waals surface area contributed by atoms with Crippen molar-refractivity contribution < 1.29 is 18.0 Å². The summed E-state index contributed by atoms with van der Waals surface area (Å²) >= 11 is 0. The van der Waals surface area contributed by atoms with Gasteiger partial charge in [0.2, 0.25) is 0 Å². The zero-order valence-corrected chi connectivity index (χ0v) is 15.3. The van der Waals surface area contributed by atoms with Gasteiger partial charge in [-0.25, -0.2) is 0 Å². The van der Waals surface area contributed by atoms with Crippen molar-refractivity contribution >= 4 is 5.91 Å². The first-order valence-corrected chi connectivity index (χ1v) is 8.82. The summed E-state index contributed by atoms with van der Waals surface area (Å²) in [7, 11) is 0. The highest BCUT2D eigenvalue weighted by molar-refractivity contribution is 5.95. The Balaban J connectivity index is 1.69. The number of pyridine rings is 1. The molecule has 1 aliphatic heterocycles. The Hall–Kier alpha value is -2.42. The third kappa shape index (κ3) is 4.29. The Morgan fingerprint density at radius 2 is 1.89 bits per heavy atom. The number of aromatic nitrogens is 3. The minimum Gasteiger partial charge on any atom is -0.336 e. The zero-order valence-electron chi connectivity index (χ0n) is 15.3. The van der Waals surface area contributed by atoms with E-state index < -0.39 is 23.8 Å². The molecule has 0 unspecified atom stereocenters. The van der Waals surface area contributed by atoms with Crippen molar-refractivity contribution in [1.82, 2.24) is 24.6 Å². The summed E-state index contributed by atoms with van der Waals surface area (Å²) in [5, 5.41) is 3.80. The van der Waals surface area contributed by atoms with Crippen LogP contribution >= 0.6 is 0 Å². The van der Waals surface area contributed by atoms with E-state index in [1.165, 1.54) is 4.90 Å². The molecular formula is C18H22F3N5O. The van der Waals surface area contributed by atoms with Crippen LogP contribution in [-0.2, 0) is 12.7 Å². The third-order valence-corrected chi connectivity index (χ3v) is 4.57. The number of hydrogen-bond donors (Lipinski definition) is 0. The van der Waals surface area contributed by atoms with Crippen LogP contribution in [0.2, 0.25) is 0 Å². The second kappa shape index (κ2) is 7.67. The van der Waals surface area contributed by atoms with Crippen molar-refractivity contribution in [3.8, 4) is 0 Å². The molecule has 1 fully saturated rings. The smallest absolute Gasteiger partial charge is 0.336 e. The van der Waals surface area contributed by atoms with Crippen molar-refractivity contribution in [3.05, 3.63) is 47.5 Å². The number of halogens is 3. The fraction of sp³-hybridized carbons (Fsp3) is 0.500. The highest BCUT2D eigenvalue weighted by atomic mass is 19.4. The Kier molecular flexibility index (Phi) is 5.50. The van der Waals surface area contributed by atoms with Gasteiger partial charge in [-0.05, 0) is 25.5 Å². The van der Waals surface area contributed by atoms with Crippen LogP contribution < -0.4 is 0 Å². The van der Waals surface area contributed by atoms with E-state index in [2.05, 4.69) is 15.0 Å². The topological polar surface area (TPSA) is 54.3 Å². The Bertz CT molecular complexity index is 780. The van der Waals surface area contributed by atoms with Gasteiger partial charge in [0.1, 0.15) is 0 Å². The van der Waals surface area contributed by atoms with Crippen molar-refractivity contribution in [2.45, 2.75) is 32.6 Å². The maximum atomic E-state index is 13.5. The van der Waals surface area contributed by atoms with E-state index in [-0.39, 0.29) is 5.56 Å². The van der Waals surface area contributed by atoms with E-state index in [0.717, 1.165) is 16.4 Å². The molecule has 0 aromatic carbocycles. The number of amides is 1. The predicted octanol–water partition coefficient (Wildman–Crippen LogP) is 2.84. The predicted molar refractivity (Wildman–Crippen MR) is 93.0 cm³/mol.